The number of fused-ring (bicyclic) bond motifs is 1. The van der Waals surface area contributed by atoms with E-state index in [-0.39, 0.29) is 5.91 Å². The van der Waals surface area contributed by atoms with E-state index < -0.39 is 10.0 Å². The number of allylic oxidation sites excluding steroid dienone is 1. The van der Waals surface area contributed by atoms with Crippen LogP contribution in [-0.4, -0.2) is 37.0 Å². The molecule has 1 aliphatic heterocycles. The molecule has 1 aromatic heterocycles. The largest absolute Gasteiger partial charge is 0.333 e. The fourth-order valence-corrected chi connectivity index (χ4v) is 4.67. The van der Waals surface area contributed by atoms with Gasteiger partial charge in [0.05, 0.1) is 18.5 Å². The average Bonchev–Trinajstić information content (AvgIpc) is 2.86. The molecule has 0 bridgehead atoms. The van der Waals surface area contributed by atoms with Crippen LogP contribution < -0.4 is 4.72 Å². The van der Waals surface area contributed by atoms with Gasteiger partial charge < -0.3 is 4.90 Å². The zero-order valence-corrected chi connectivity index (χ0v) is 14.1. The molecule has 1 aromatic rings. The van der Waals surface area contributed by atoms with E-state index in [0.717, 1.165) is 48.1 Å². The Bertz CT molecular complexity index is 722. The molecule has 6 nitrogen and oxygen atoms in total. The predicted molar refractivity (Wildman–Crippen MR) is 86.3 cm³/mol. The van der Waals surface area contributed by atoms with E-state index in [2.05, 4.69) is 15.8 Å². The summed E-state index contributed by atoms with van der Waals surface area (Å²) in [6.07, 6.45) is 7.95. The van der Waals surface area contributed by atoms with Crippen molar-refractivity contribution < 1.29 is 13.2 Å². The first-order valence-corrected chi connectivity index (χ1v) is 10.1. The van der Waals surface area contributed by atoms with Gasteiger partial charge in [-0.2, -0.15) is 0 Å². The molecule has 0 saturated heterocycles. The van der Waals surface area contributed by atoms with Crippen molar-refractivity contribution in [3.8, 4) is 0 Å². The van der Waals surface area contributed by atoms with Gasteiger partial charge in [0.1, 0.15) is 0 Å². The molecule has 0 aromatic carbocycles. The summed E-state index contributed by atoms with van der Waals surface area (Å²) in [5.41, 5.74) is 1.83. The van der Waals surface area contributed by atoms with Crippen molar-refractivity contribution in [1.29, 1.82) is 0 Å². The molecule has 3 rings (SSSR count). The fraction of sp³-hybridized carbons (Fsp3) is 0.571. The highest BCUT2D eigenvalue weighted by Gasteiger charge is 2.26. The number of hydrogen-bond donors (Lipinski definition) is 1. The first kappa shape index (κ1) is 15.5. The van der Waals surface area contributed by atoms with Crippen molar-refractivity contribution in [2.24, 2.45) is 0 Å². The quantitative estimate of drug-likeness (QED) is 0.911. The number of nitrogens with one attached hydrogen (secondary N) is 1. The Morgan fingerprint density at radius 3 is 2.86 bits per heavy atom. The second-order valence-corrected chi connectivity index (χ2v) is 8.55. The molecule has 0 fully saturated rings. The van der Waals surface area contributed by atoms with Crippen molar-refractivity contribution in [2.75, 3.05) is 17.5 Å². The van der Waals surface area contributed by atoms with Crippen molar-refractivity contribution in [2.45, 2.75) is 38.6 Å². The number of carbonyl (C=O) groups is 1. The molecule has 8 heteroatoms. The lowest BCUT2D eigenvalue weighted by Gasteiger charge is -2.28. The Balaban J connectivity index is 1.73. The topological polar surface area (TPSA) is 79.4 Å². The standard InChI is InChI=1S/C14H19N3O3S2/c1-22(19,20)16-14-15-11-7-8-17(9-12(11)21-14)13(18)10-5-3-2-4-6-10/h5H,2-4,6-9H2,1H3,(H,15,16). The van der Waals surface area contributed by atoms with Gasteiger partial charge in [0.25, 0.3) is 0 Å². The van der Waals surface area contributed by atoms with E-state index in [1.54, 1.807) is 0 Å². The zero-order valence-electron chi connectivity index (χ0n) is 12.5. The van der Waals surface area contributed by atoms with Crippen LogP contribution in [0.15, 0.2) is 11.6 Å². The SMILES string of the molecule is CS(=O)(=O)Nc1nc2c(s1)CN(C(=O)C1=CCCCC1)CC2. The number of rotatable bonds is 3. The molecule has 1 aliphatic carbocycles. The third-order valence-electron chi connectivity index (χ3n) is 3.86. The van der Waals surface area contributed by atoms with Crippen LogP contribution in [0.2, 0.25) is 0 Å². The van der Waals surface area contributed by atoms with Crippen molar-refractivity contribution in [3.05, 3.63) is 22.2 Å². The van der Waals surface area contributed by atoms with E-state index >= 15 is 0 Å². The number of carbonyl (C=O) groups excluding carboxylic acids is 1. The Morgan fingerprint density at radius 1 is 1.36 bits per heavy atom. The molecule has 0 unspecified atom stereocenters. The van der Waals surface area contributed by atoms with Crippen LogP contribution in [0, 0.1) is 0 Å². The molecule has 1 N–H and O–H groups in total. The first-order valence-electron chi connectivity index (χ1n) is 7.37. The van der Waals surface area contributed by atoms with Gasteiger partial charge in [-0.1, -0.05) is 17.4 Å². The molecule has 2 aliphatic rings. The summed E-state index contributed by atoms with van der Waals surface area (Å²) in [5, 5.41) is 0.388. The van der Waals surface area contributed by atoms with E-state index in [1.165, 1.54) is 11.3 Å². The highest BCUT2D eigenvalue weighted by molar-refractivity contribution is 7.92. The van der Waals surface area contributed by atoms with Crippen molar-refractivity contribution in [3.63, 3.8) is 0 Å². The third-order valence-corrected chi connectivity index (χ3v) is 5.55. The third kappa shape index (κ3) is 3.49. The summed E-state index contributed by atoms with van der Waals surface area (Å²) in [6, 6.07) is 0. The molecule has 0 atom stereocenters. The average molecular weight is 341 g/mol. The van der Waals surface area contributed by atoms with Gasteiger partial charge in [0.15, 0.2) is 5.13 Å². The fourth-order valence-electron chi connectivity index (χ4n) is 2.81. The summed E-state index contributed by atoms with van der Waals surface area (Å²) >= 11 is 1.32. The van der Waals surface area contributed by atoms with E-state index in [9.17, 15) is 13.2 Å². The van der Waals surface area contributed by atoms with Gasteiger partial charge in [-0.15, -0.1) is 0 Å². The summed E-state index contributed by atoms with van der Waals surface area (Å²) in [4.78, 5) is 19.7. The number of hydrogen-bond acceptors (Lipinski definition) is 5. The van der Waals surface area contributed by atoms with E-state index in [1.807, 2.05) is 4.90 Å². The number of thiazole rings is 1. The number of nitrogens with zero attached hydrogens (tertiary/aromatic N) is 2. The lowest BCUT2D eigenvalue weighted by molar-refractivity contribution is -0.128. The lowest BCUT2D eigenvalue weighted by Crippen LogP contribution is -2.36. The lowest BCUT2D eigenvalue weighted by atomic mass is 9.98. The summed E-state index contributed by atoms with van der Waals surface area (Å²) in [5.74, 6) is 0.122. The second-order valence-electron chi connectivity index (χ2n) is 5.71. The van der Waals surface area contributed by atoms with Gasteiger partial charge in [-0.3, -0.25) is 9.52 Å². The summed E-state index contributed by atoms with van der Waals surface area (Å²) < 4.78 is 25.0. The summed E-state index contributed by atoms with van der Waals surface area (Å²) in [7, 11) is -3.32. The van der Waals surface area contributed by atoms with Gasteiger partial charge in [0, 0.05) is 23.4 Å². The monoisotopic (exact) mass is 341 g/mol. The smallest absolute Gasteiger partial charge is 0.249 e. The maximum atomic E-state index is 12.5. The molecule has 120 valence electrons. The van der Waals surface area contributed by atoms with Crippen LogP contribution in [0.3, 0.4) is 0 Å². The predicted octanol–water partition coefficient (Wildman–Crippen LogP) is 1.90. The van der Waals surface area contributed by atoms with Gasteiger partial charge in [-0.05, 0) is 25.7 Å². The van der Waals surface area contributed by atoms with E-state index in [0.29, 0.717) is 24.6 Å². The summed E-state index contributed by atoms with van der Waals surface area (Å²) in [6.45, 7) is 1.17. The maximum Gasteiger partial charge on any atom is 0.249 e. The van der Waals surface area contributed by atoms with Gasteiger partial charge >= 0.3 is 0 Å². The highest BCUT2D eigenvalue weighted by Crippen LogP contribution is 2.30. The number of anilines is 1. The second kappa shape index (κ2) is 6.00. The van der Waals surface area contributed by atoms with Crippen molar-refractivity contribution in [1.82, 2.24) is 9.88 Å². The van der Waals surface area contributed by atoms with Crippen LogP contribution in [0.5, 0.6) is 0 Å². The molecular weight excluding hydrogens is 322 g/mol. The molecule has 22 heavy (non-hydrogen) atoms. The molecular formula is C14H19N3O3S2. The molecule has 0 radical (unpaired) electrons. The minimum Gasteiger partial charge on any atom is -0.333 e. The Labute approximate surface area is 134 Å². The molecule has 2 heterocycles. The van der Waals surface area contributed by atoms with E-state index in [4.69, 9.17) is 0 Å². The maximum absolute atomic E-state index is 12.5. The number of amides is 1. The van der Waals surface area contributed by atoms with Gasteiger partial charge in [-0.25, -0.2) is 13.4 Å². The van der Waals surface area contributed by atoms with Crippen molar-refractivity contribution >= 4 is 32.4 Å². The van der Waals surface area contributed by atoms with Crippen LogP contribution in [-0.2, 0) is 27.8 Å². The number of aromatic nitrogens is 1. The minimum absolute atomic E-state index is 0.122. The Morgan fingerprint density at radius 2 is 2.18 bits per heavy atom. The van der Waals surface area contributed by atoms with Crippen LogP contribution in [0.1, 0.15) is 36.3 Å². The van der Waals surface area contributed by atoms with Crippen LogP contribution in [0.25, 0.3) is 0 Å². The molecule has 1 amide bonds. The normalized spacial score (nSPS) is 18.6. The minimum atomic E-state index is -3.32. The molecule has 0 spiro atoms. The number of sulfonamides is 1. The van der Waals surface area contributed by atoms with Crippen LogP contribution in [0.4, 0.5) is 5.13 Å². The Hall–Kier alpha value is -1.41. The zero-order chi connectivity index (χ0) is 15.7. The molecule has 0 saturated carbocycles. The first-order chi connectivity index (χ1) is 10.4. The highest BCUT2D eigenvalue weighted by atomic mass is 32.2. The van der Waals surface area contributed by atoms with Crippen LogP contribution >= 0.6 is 11.3 Å². The Kier molecular flexibility index (Phi) is 4.22. The van der Waals surface area contributed by atoms with Gasteiger partial charge in [0.2, 0.25) is 15.9 Å².